The molecule has 0 aliphatic carbocycles. The van der Waals surface area contributed by atoms with Crippen molar-refractivity contribution in [1.82, 2.24) is 9.80 Å². The van der Waals surface area contributed by atoms with Crippen molar-refractivity contribution in [2.75, 3.05) is 38.5 Å². The zero-order chi connectivity index (χ0) is 11.4. The predicted molar refractivity (Wildman–Crippen MR) is 68.8 cm³/mol. The van der Waals surface area contributed by atoms with Gasteiger partial charge in [-0.25, -0.2) is 0 Å². The van der Waals surface area contributed by atoms with Gasteiger partial charge in [-0.15, -0.1) is 11.8 Å². The zero-order valence-corrected chi connectivity index (χ0v) is 11.0. The first-order valence-electron chi connectivity index (χ1n) is 6.44. The Morgan fingerprint density at radius 3 is 2.56 bits per heavy atom. The molecule has 0 aromatic heterocycles. The minimum Gasteiger partial charge on any atom is -0.339 e. The standard InChI is InChI=1S/C12H22N2OS/c1-2-13-6-8-14(9-7-13)12(15)11-5-3-4-10-16-11/h11H,2-10H2,1H3. The maximum atomic E-state index is 12.2. The molecule has 2 heterocycles. The summed E-state index contributed by atoms with van der Waals surface area (Å²) in [5.74, 6) is 1.58. The number of carbonyl (C=O) groups is 1. The van der Waals surface area contributed by atoms with Gasteiger partial charge in [0.1, 0.15) is 0 Å². The topological polar surface area (TPSA) is 23.6 Å². The van der Waals surface area contributed by atoms with E-state index in [0.29, 0.717) is 5.91 Å². The molecule has 0 N–H and O–H groups in total. The number of piperazine rings is 1. The number of likely N-dealkylation sites (N-methyl/N-ethyl adjacent to an activating group) is 1. The molecule has 0 saturated carbocycles. The van der Waals surface area contributed by atoms with E-state index < -0.39 is 0 Å². The lowest BCUT2D eigenvalue weighted by atomic mass is 10.1. The minimum atomic E-state index is 0.266. The number of nitrogens with zero attached hydrogens (tertiary/aromatic N) is 2. The third-order valence-corrected chi connectivity index (χ3v) is 4.95. The molecule has 0 aromatic carbocycles. The molecule has 1 unspecified atom stereocenters. The van der Waals surface area contributed by atoms with Crippen molar-refractivity contribution in [3.8, 4) is 0 Å². The highest BCUT2D eigenvalue weighted by atomic mass is 32.2. The zero-order valence-electron chi connectivity index (χ0n) is 10.2. The fourth-order valence-corrected chi connectivity index (χ4v) is 3.70. The summed E-state index contributed by atoms with van der Waals surface area (Å²) in [6.45, 7) is 7.28. The van der Waals surface area contributed by atoms with Gasteiger partial charge in [0.05, 0.1) is 5.25 Å². The molecule has 1 atom stereocenters. The van der Waals surface area contributed by atoms with E-state index in [1.54, 1.807) is 0 Å². The van der Waals surface area contributed by atoms with Crippen LogP contribution in [0.3, 0.4) is 0 Å². The fraction of sp³-hybridized carbons (Fsp3) is 0.917. The Morgan fingerprint density at radius 1 is 1.25 bits per heavy atom. The number of hydrogen-bond acceptors (Lipinski definition) is 3. The third-order valence-electron chi connectivity index (χ3n) is 3.59. The predicted octanol–water partition coefficient (Wildman–Crippen LogP) is 1.44. The van der Waals surface area contributed by atoms with Crippen molar-refractivity contribution in [3.63, 3.8) is 0 Å². The van der Waals surface area contributed by atoms with Gasteiger partial charge in [-0.1, -0.05) is 13.3 Å². The Labute approximate surface area is 103 Å². The summed E-state index contributed by atoms with van der Waals surface area (Å²) < 4.78 is 0. The van der Waals surface area contributed by atoms with Crippen LogP contribution in [-0.2, 0) is 4.79 Å². The fourth-order valence-electron chi connectivity index (χ4n) is 2.42. The van der Waals surface area contributed by atoms with E-state index >= 15 is 0 Å². The summed E-state index contributed by atoms with van der Waals surface area (Å²) in [5, 5.41) is 0.266. The first kappa shape index (κ1) is 12.2. The van der Waals surface area contributed by atoms with Crippen LogP contribution in [0.5, 0.6) is 0 Å². The Morgan fingerprint density at radius 2 is 2.00 bits per heavy atom. The maximum Gasteiger partial charge on any atom is 0.235 e. The van der Waals surface area contributed by atoms with E-state index in [1.807, 2.05) is 11.8 Å². The molecule has 3 nitrogen and oxygen atoms in total. The van der Waals surface area contributed by atoms with Gasteiger partial charge in [0, 0.05) is 26.2 Å². The highest BCUT2D eigenvalue weighted by Crippen LogP contribution is 2.26. The number of thioether (sulfide) groups is 1. The maximum absolute atomic E-state index is 12.2. The van der Waals surface area contributed by atoms with Crippen molar-refractivity contribution in [3.05, 3.63) is 0 Å². The van der Waals surface area contributed by atoms with Crippen LogP contribution in [-0.4, -0.2) is 59.4 Å². The summed E-state index contributed by atoms with van der Waals surface area (Å²) in [6, 6.07) is 0. The van der Waals surface area contributed by atoms with Crippen molar-refractivity contribution in [2.24, 2.45) is 0 Å². The molecule has 92 valence electrons. The smallest absolute Gasteiger partial charge is 0.235 e. The Bertz CT molecular complexity index is 233. The van der Waals surface area contributed by atoms with Crippen molar-refractivity contribution in [2.45, 2.75) is 31.4 Å². The van der Waals surface area contributed by atoms with Crippen LogP contribution in [0.15, 0.2) is 0 Å². The van der Waals surface area contributed by atoms with Crippen LogP contribution in [0.25, 0.3) is 0 Å². The molecule has 0 radical (unpaired) electrons. The molecular weight excluding hydrogens is 220 g/mol. The van der Waals surface area contributed by atoms with Crippen LogP contribution in [0.1, 0.15) is 26.2 Å². The summed E-state index contributed by atoms with van der Waals surface area (Å²) in [5.41, 5.74) is 0. The number of rotatable bonds is 2. The van der Waals surface area contributed by atoms with Gasteiger partial charge < -0.3 is 9.80 Å². The van der Waals surface area contributed by atoms with Crippen molar-refractivity contribution < 1.29 is 4.79 Å². The van der Waals surface area contributed by atoms with Crippen molar-refractivity contribution >= 4 is 17.7 Å². The summed E-state index contributed by atoms with van der Waals surface area (Å²) in [4.78, 5) is 16.7. The summed E-state index contributed by atoms with van der Waals surface area (Å²) >= 11 is 1.87. The van der Waals surface area contributed by atoms with Gasteiger partial charge in [0.15, 0.2) is 0 Å². The Kier molecular flexibility index (Phi) is 4.53. The Balaban J connectivity index is 1.81. The molecule has 16 heavy (non-hydrogen) atoms. The summed E-state index contributed by atoms with van der Waals surface area (Å²) in [7, 11) is 0. The monoisotopic (exact) mass is 242 g/mol. The van der Waals surface area contributed by atoms with Crippen molar-refractivity contribution in [1.29, 1.82) is 0 Å². The molecule has 0 aromatic rings. The lowest BCUT2D eigenvalue weighted by molar-refractivity contribution is -0.132. The second kappa shape index (κ2) is 5.92. The van der Waals surface area contributed by atoms with Crippen LogP contribution in [0, 0.1) is 0 Å². The highest BCUT2D eigenvalue weighted by molar-refractivity contribution is 8.00. The van der Waals surface area contributed by atoms with E-state index in [1.165, 1.54) is 18.6 Å². The largest absolute Gasteiger partial charge is 0.339 e. The first-order chi connectivity index (χ1) is 7.81. The van der Waals surface area contributed by atoms with E-state index in [9.17, 15) is 4.79 Å². The van der Waals surface area contributed by atoms with Gasteiger partial charge in [0.2, 0.25) is 5.91 Å². The molecule has 0 spiro atoms. The SMILES string of the molecule is CCN1CCN(C(=O)C2CCCCS2)CC1. The molecule has 2 aliphatic rings. The van der Waals surface area contributed by atoms with Gasteiger partial charge in [-0.05, 0) is 25.1 Å². The second-order valence-electron chi connectivity index (χ2n) is 4.61. The molecular formula is C12H22N2OS. The van der Waals surface area contributed by atoms with E-state index in [-0.39, 0.29) is 5.25 Å². The van der Waals surface area contributed by atoms with E-state index in [2.05, 4.69) is 16.7 Å². The molecule has 2 aliphatic heterocycles. The van der Waals surface area contributed by atoms with Gasteiger partial charge in [0.25, 0.3) is 0 Å². The average molecular weight is 242 g/mol. The van der Waals surface area contributed by atoms with Crippen LogP contribution in [0.4, 0.5) is 0 Å². The number of amides is 1. The normalized spacial score (nSPS) is 28.1. The molecule has 2 rings (SSSR count). The molecule has 2 saturated heterocycles. The molecule has 4 heteroatoms. The Hall–Kier alpha value is -0.220. The van der Waals surface area contributed by atoms with Gasteiger partial charge >= 0.3 is 0 Å². The average Bonchev–Trinajstić information content (AvgIpc) is 2.39. The van der Waals surface area contributed by atoms with Gasteiger partial charge in [-0.3, -0.25) is 4.79 Å². The van der Waals surface area contributed by atoms with Crippen LogP contribution >= 0.6 is 11.8 Å². The summed E-state index contributed by atoms with van der Waals surface area (Å²) in [6.07, 6.45) is 3.62. The van der Waals surface area contributed by atoms with E-state index in [0.717, 1.165) is 39.1 Å². The van der Waals surface area contributed by atoms with Gasteiger partial charge in [-0.2, -0.15) is 0 Å². The third kappa shape index (κ3) is 2.92. The molecule has 2 fully saturated rings. The van der Waals surface area contributed by atoms with Crippen LogP contribution < -0.4 is 0 Å². The lowest BCUT2D eigenvalue weighted by Gasteiger charge is -2.36. The lowest BCUT2D eigenvalue weighted by Crippen LogP contribution is -2.51. The first-order valence-corrected chi connectivity index (χ1v) is 7.49. The van der Waals surface area contributed by atoms with Crippen LogP contribution in [0.2, 0.25) is 0 Å². The second-order valence-corrected chi connectivity index (χ2v) is 5.93. The number of carbonyl (C=O) groups excluding carboxylic acids is 1. The minimum absolute atomic E-state index is 0.266. The molecule has 0 bridgehead atoms. The van der Waals surface area contributed by atoms with E-state index in [4.69, 9.17) is 0 Å². The molecule has 1 amide bonds. The highest BCUT2D eigenvalue weighted by Gasteiger charge is 2.28. The number of hydrogen-bond donors (Lipinski definition) is 0. The quantitative estimate of drug-likeness (QED) is 0.732.